The molecule has 23 heavy (non-hydrogen) atoms. The van der Waals surface area contributed by atoms with Gasteiger partial charge in [-0.3, -0.25) is 10.1 Å². The van der Waals surface area contributed by atoms with Crippen molar-refractivity contribution in [3.63, 3.8) is 0 Å². The molecule has 4 rings (SSSR count). The van der Waals surface area contributed by atoms with Gasteiger partial charge in [-0.2, -0.15) is 5.10 Å². The first kappa shape index (κ1) is 14.1. The Labute approximate surface area is 134 Å². The van der Waals surface area contributed by atoms with Crippen LogP contribution in [-0.4, -0.2) is 39.4 Å². The lowest BCUT2D eigenvalue weighted by atomic mass is 10.1. The maximum Gasteiger partial charge on any atom is 0.137 e. The number of aryl methyl sites for hydroxylation is 1. The fourth-order valence-corrected chi connectivity index (χ4v) is 2.97. The van der Waals surface area contributed by atoms with E-state index in [1.54, 1.807) is 6.20 Å². The highest BCUT2D eigenvalue weighted by Gasteiger charge is 2.19. The molecule has 4 heterocycles. The zero-order valence-corrected chi connectivity index (χ0v) is 13.0. The number of nitrogens with zero attached hydrogens (tertiary/aromatic N) is 3. The number of rotatable bonds is 3. The van der Waals surface area contributed by atoms with Crippen LogP contribution in [0.2, 0.25) is 0 Å². The van der Waals surface area contributed by atoms with Gasteiger partial charge in [0.15, 0.2) is 0 Å². The van der Waals surface area contributed by atoms with Crippen LogP contribution in [-0.2, 0) is 4.74 Å². The number of H-pyrrole nitrogens is 1. The van der Waals surface area contributed by atoms with E-state index in [-0.39, 0.29) is 0 Å². The Morgan fingerprint density at radius 3 is 2.91 bits per heavy atom. The summed E-state index contributed by atoms with van der Waals surface area (Å²) in [7, 11) is 0. The summed E-state index contributed by atoms with van der Waals surface area (Å²) in [6.45, 7) is 3.58. The first-order valence-corrected chi connectivity index (χ1v) is 7.92. The van der Waals surface area contributed by atoms with E-state index in [9.17, 15) is 0 Å². The molecule has 0 bridgehead atoms. The van der Waals surface area contributed by atoms with Crippen molar-refractivity contribution in [3.8, 4) is 11.4 Å². The minimum absolute atomic E-state index is 0.384. The van der Waals surface area contributed by atoms with E-state index in [1.807, 2.05) is 31.2 Å². The van der Waals surface area contributed by atoms with Crippen molar-refractivity contribution in [1.29, 1.82) is 0 Å². The summed E-state index contributed by atoms with van der Waals surface area (Å²) in [6.07, 6.45) is 3.79. The second-order valence-corrected chi connectivity index (χ2v) is 5.85. The van der Waals surface area contributed by atoms with Crippen LogP contribution in [0.5, 0.6) is 0 Å². The Kier molecular flexibility index (Phi) is 3.67. The van der Waals surface area contributed by atoms with Crippen LogP contribution < -0.4 is 5.32 Å². The predicted octanol–water partition coefficient (Wildman–Crippen LogP) is 2.92. The first-order valence-electron chi connectivity index (χ1n) is 7.92. The molecule has 0 atom stereocenters. The standard InChI is InChI=1S/C17H19N5O/c1-11-3-2-4-14(19-11)16-15-13(21-22-16)5-8-18-17(15)20-12-6-9-23-10-7-12/h2-5,8,12H,6-7,9-10H2,1H3,(H,18,20)(H,21,22). The maximum absolute atomic E-state index is 5.43. The third kappa shape index (κ3) is 2.77. The normalized spacial score (nSPS) is 15.9. The molecule has 1 aliphatic rings. The lowest BCUT2D eigenvalue weighted by Gasteiger charge is -2.23. The quantitative estimate of drug-likeness (QED) is 0.778. The fraction of sp³-hybridized carbons (Fsp3) is 0.353. The van der Waals surface area contributed by atoms with Gasteiger partial charge in [-0.15, -0.1) is 0 Å². The van der Waals surface area contributed by atoms with Crippen molar-refractivity contribution in [2.24, 2.45) is 0 Å². The molecular formula is C17H19N5O. The van der Waals surface area contributed by atoms with Crippen LogP contribution in [0.4, 0.5) is 5.82 Å². The summed E-state index contributed by atoms with van der Waals surface area (Å²) < 4.78 is 5.43. The Morgan fingerprint density at radius 1 is 1.22 bits per heavy atom. The highest BCUT2D eigenvalue weighted by molar-refractivity contribution is 5.99. The SMILES string of the molecule is Cc1cccc(-c2n[nH]c3ccnc(NC4CCOCC4)c23)n1. The maximum atomic E-state index is 5.43. The number of hydrogen-bond donors (Lipinski definition) is 2. The van der Waals surface area contributed by atoms with Crippen molar-refractivity contribution in [3.05, 3.63) is 36.2 Å². The van der Waals surface area contributed by atoms with E-state index >= 15 is 0 Å². The van der Waals surface area contributed by atoms with Gasteiger partial charge in [0, 0.05) is 31.1 Å². The number of anilines is 1. The van der Waals surface area contributed by atoms with Crippen molar-refractivity contribution in [1.82, 2.24) is 20.2 Å². The van der Waals surface area contributed by atoms with E-state index in [0.717, 1.165) is 59.9 Å². The molecular weight excluding hydrogens is 290 g/mol. The third-order valence-electron chi connectivity index (χ3n) is 4.17. The van der Waals surface area contributed by atoms with Crippen molar-refractivity contribution < 1.29 is 4.74 Å². The molecule has 0 saturated carbocycles. The summed E-state index contributed by atoms with van der Waals surface area (Å²) >= 11 is 0. The van der Waals surface area contributed by atoms with Crippen LogP contribution >= 0.6 is 0 Å². The van der Waals surface area contributed by atoms with Gasteiger partial charge in [0.05, 0.1) is 16.6 Å². The van der Waals surface area contributed by atoms with Gasteiger partial charge in [-0.25, -0.2) is 4.98 Å². The Morgan fingerprint density at radius 2 is 2.09 bits per heavy atom. The Bertz CT molecular complexity index is 823. The van der Waals surface area contributed by atoms with Gasteiger partial charge in [0.25, 0.3) is 0 Å². The van der Waals surface area contributed by atoms with Gasteiger partial charge in [-0.1, -0.05) is 6.07 Å². The lowest BCUT2D eigenvalue weighted by Crippen LogP contribution is -2.28. The summed E-state index contributed by atoms with van der Waals surface area (Å²) in [5.41, 5.74) is 3.64. The second-order valence-electron chi connectivity index (χ2n) is 5.85. The molecule has 0 aliphatic carbocycles. The van der Waals surface area contributed by atoms with E-state index in [0.29, 0.717) is 6.04 Å². The molecule has 1 aliphatic heterocycles. The molecule has 0 radical (unpaired) electrons. The van der Waals surface area contributed by atoms with Crippen LogP contribution in [0.1, 0.15) is 18.5 Å². The zero-order chi connectivity index (χ0) is 15.6. The molecule has 3 aromatic heterocycles. The number of aromatic amines is 1. The molecule has 2 N–H and O–H groups in total. The number of nitrogens with one attached hydrogen (secondary N) is 2. The molecule has 6 heteroatoms. The average Bonchev–Trinajstić information content (AvgIpc) is 3.01. The van der Waals surface area contributed by atoms with Gasteiger partial charge >= 0.3 is 0 Å². The number of pyridine rings is 2. The third-order valence-corrected chi connectivity index (χ3v) is 4.17. The monoisotopic (exact) mass is 309 g/mol. The van der Waals surface area contributed by atoms with Gasteiger partial charge in [-0.05, 0) is 38.0 Å². The topological polar surface area (TPSA) is 75.7 Å². The van der Waals surface area contributed by atoms with Crippen molar-refractivity contribution in [2.75, 3.05) is 18.5 Å². The number of ether oxygens (including phenoxy) is 1. The smallest absolute Gasteiger partial charge is 0.137 e. The van der Waals surface area contributed by atoms with Crippen LogP contribution in [0, 0.1) is 6.92 Å². The largest absolute Gasteiger partial charge is 0.381 e. The van der Waals surface area contributed by atoms with Gasteiger partial charge < -0.3 is 10.1 Å². The zero-order valence-electron chi connectivity index (χ0n) is 13.0. The second kappa shape index (κ2) is 5.96. The van der Waals surface area contributed by atoms with Gasteiger partial charge in [0.2, 0.25) is 0 Å². The van der Waals surface area contributed by atoms with Crippen LogP contribution in [0.3, 0.4) is 0 Å². The minimum Gasteiger partial charge on any atom is -0.381 e. The average molecular weight is 309 g/mol. The molecule has 0 unspecified atom stereocenters. The minimum atomic E-state index is 0.384. The van der Waals surface area contributed by atoms with Crippen molar-refractivity contribution >= 4 is 16.7 Å². The molecule has 6 nitrogen and oxygen atoms in total. The number of aromatic nitrogens is 4. The molecule has 0 aromatic carbocycles. The molecule has 118 valence electrons. The van der Waals surface area contributed by atoms with E-state index in [4.69, 9.17) is 4.74 Å². The molecule has 0 amide bonds. The summed E-state index contributed by atoms with van der Waals surface area (Å²) in [5, 5.41) is 12.1. The summed E-state index contributed by atoms with van der Waals surface area (Å²) in [5.74, 6) is 0.862. The summed E-state index contributed by atoms with van der Waals surface area (Å²) in [6, 6.07) is 8.29. The molecule has 0 spiro atoms. The van der Waals surface area contributed by atoms with E-state index < -0.39 is 0 Å². The molecule has 1 fully saturated rings. The predicted molar refractivity (Wildman–Crippen MR) is 89.3 cm³/mol. The van der Waals surface area contributed by atoms with E-state index in [1.165, 1.54) is 0 Å². The fourth-order valence-electron chi connectivity index (χ4n) is 2.97. The number of fused-ring (bicyclic) bond motifs is 1. The van der Waals surface area contributed by atoms with Crippen LogP contribution in [0.15, 0.2) is 30.5 Å². The first-order chi connectivity index (χ1) is 11.3. The molecule has 1 saturated heterocycles. The Balaban J connectivity index is 1.77. The molecule has 3 aromatic rings. The lowest BCUT2D eigenvalue weighted by molar-refractivity contribution is 0.0904. The number of hydrogen-bond acceptors (Lipinski definition) is 5. The summed E-state index contributed by atoms with van der Waals surface area (Å²) in [4.78, 5) is 9.14. The van der Waals surface area contributed by atoms with Gasteiger partial charge in [0.1, 0.15) is 11.5 Å². The highest BCUT2D eigenvalue weighted by Crippen LogP contribution is 2.30. The van der Waals surface area contributed by atoms with E-state index in [2.05, 4.69) is 25.5 Å². The van der Waals surface area contributed by atoms with Crippen LogP contribution in [0.25, 0.3) is 22.3 Å². The van der Waals surface area contributed by atoms with Crippen molar-refractivity contribution in [2.45, 2.75) is 25.8 Å². The Hall–Kier alpha value is -2.47. The highest BCUT2D eigenvalue weighted by atomic mass is 16.5.